The third-order valence-electron chi connectivity index (χ3n) is 8.91. The molecule has 2 aliphatic rings. The fourth-order valence-electron chi connectivity index (χ4n) is 5.72. The molecule has 0 bridgehead atoms. The number of amides is 2. The minimum absolute atomic E-state index is 0.0213. The van der Waals surface area contributed by atoms with Crippen molar-refractivity contribution in [2.24, 2.45) is 28.7 Å². The number of hydrogen-bond acceptors (Lipinski definition) is 18. The Kier molecular flexibility index (Phi) is 15.5. The van der Waals surface area contributed by atoms with E-state index < -0.39 is 31.5 Å². The van der Waals surface area contributed by atoms with E-state index in [-0.39, 0.29) is 56.2 Å². The van der Waals surface area contributed by atoms with Crippen LogP contribution in [0.2, 0.25) is 5.15 Å². The van der Waals surface area contributed by atoms with Gasteiger partial charge in [0.05, 0.1) is 21.2 Å². The molecule has 0 radical (unpaired) electrons. The summed E-state index contributed by atoms with van der Waals surface area (Å²) in [4.78, 5) is 31.1. The predicted octanol–water partition coefficient (Wildman–Crippen LogP) is 1.79. The highest BCUT2D eigenvalue weighted by molar-refractivity contribution is 7.91. The number of sulfone groups is 2. The molecule has 13 N–H and O–H groups in total. The normalized spacial score (nSPS) is 19.4. The third kappa shape index (κ3) is 13.5. The van der Waals surface area contributed by atoms with Crippen molar-refractivity contribution in [3.63, 3.8) is 0 Å². The molecule has 2 fully saturated rings. The maximum Gasteiger partial charge on any atom is 0.271 e. The second kappa shape index (κ2) is 19.8. The van der Waals surface area contributed by atoms with Crippen molar-refractivity contribution in [1.29, 1.82) is 0 Å². The first-order chi connectivity index (χ1) is 26.8. The third-order valence-corrected chi connectivity index (χ3v) is 11.3. The van der Waals surface area contributed by atoms with Crippen LogP contribution in [0.1, 0.15) is 72.3 Å². The number of carbonyl (C=O) groups is 2. The van der Waals surface area contributed by atoms with Crippen LogP contribution in [0, 0.1) is 0 Å². The number of halogens is 1. The highest BCUT2D eigenvalue weighted by Gasteiger charge is 2.23. The Hall–Kier alpha value is -5.13. The van der Waals surface area contributed by atoms with Gasteiger partial charge in [0.1, 0.15) is 11.6 Å². The summed E-state index contributed by atoms with van der Waals surface area (Å²) in [6.45, 7) is 0. The van der Waals surface area contributed by atoms with E-state index in [2.05, 4.69) is 46.3 Å². The van der Waals surface area contributed by atoms with Gasteiger partial charge in [0, 0.05) is 61.2 Å². The Balaban J connectivity index is 0.000000217. The number of pyridine rings is 2. The van der Waals surface area contributed by atoms with Crippen LogP contribution < -0.4 is 44.6 Å². The second-order valence-electron chi connectivity index (χ2n) is 13.5. The van der Waals surface area contributed by atoms with Crippen molar-refractivity contribution >= 4 is 71.9 Å². The van der Waals surface area contributed by atoms with Gasteiger partial charge < -0.3 is 44.6 Å². The fourth-order valence-corrected chi connectivity index (χ4v) is 6.99. The quantitative estimate of drug-likeness (QED) is 0.113. The number of carbonyl (C=O) groups excluding carboxylic acids is 2. The molecule has 6 rings (SSSR count). The molecule has 0 unspecified atom stereocenters. The number of primary amides is 2. The van der Waals surface area contributed by atoms with E-state index in [4.69, 9.17) is 40.3 Å². The summed E-state index contributed by atoms with van der Waals surface area (Å²) in [5.41, 5.74) is 28.4. The van der Waals surface area contributed by atoms with Gasteiger partial charge in [0.25, 0.3) is 11.8 Å². The molecular weight excluding hydrogens is 800 g/mol. The predicted molar refractivity (Wildman–Crippen MR) is 216 cm³/mol. The molecule has 4 aromatic rings. The Morgan fingerprint density at radius 3 is 1.47 bits per heavy atom. The van der Waals surface area contributed by atoms with Crippen LogP contribution in [0.4, 0.5) is 28.8 Å². The zero-order valence-electron chi connectivity index (χ0n) is 31.3. The highest BCUT2D eigenvalue weighted by atomic mass is 35.5. The molecule has 0 aliphatic heterocycles. The van der Waals surface area contributed by atoms with Crippen LogP contribution in [0.15, 0.2) is 58.6 Å². The molecule has 20 nitrogen and oxygen atoms in total. The van der Waals surface area contributed by atoms with Gasteiger partial charge in [-0.25, -0.2) is 26.8 Å². The summed E-state index contributed by atoms with van der Waals surface area (Å²) in [5.74, 6) is -0.433. The maximum atomic E-state index is 11.7. The number of nitrogens with one attached hydrogen (secondary N) is 3. The minimum Gasteiger partial charge on any atom is -0.364 e. The maximum absolute atomic E-state index is 11.7. The van der Waals surface area contributed by atoms with Crippen LogP contribution in [0.5, 0.6) is 0 Å². The van der Waals surface area contributed by atoms with E-state index in [1.807, 2.05) is 0 Å². The summed E-state index contributed by atoms with van der Waals surface area (Å²) in [7, 11) is -6.68. The Morgan fingerprint density at radius 1 is 0.632 bits per heavy atom. The van der Waals surface area contributed by atoms with E-state index >= 15 is 0 Å². The zero-order valence-corrected chi connectivity index (χ0v) is 33.7. The molecule has 0 spiro atoms. The van der Waals surface area contributed by atoms with Crippen molar-refractivity contribution in [3.8, 4) is 0 Å². The number of nitrogens with zero attached hydrogens (tertiary/aromatic N) is 6. The molecule has 2 saturated carbocycles. The molecule has 2 amide bonds. The van der Waals surface area contributed by atoms with Crippen molar-refractivity contribution in [2.45, 2.75) is 85.3 Å². The summed E-state index contributed by atoms with van der Waals surface area (Å²) < 4.78 is 45.8. The SMILES string of the molecule is CS(=O)(=O)c1ccc(Nc2cc(Cl)nnc2C(N)=O)nc1.CS(=O)(=O)c1ccc(Nc2cc(N[C@@H]3CCCC[C@@H]3N)nnc2C(N)=O)nc1.N[C@@H]1CCCC[C@@H]1N. The number of anilines is 5. The monoisotopic (exact) mass is 846 g/mol. The van der Waals surface area contributed by atoms with E-state index in [0.717, 1.165) is 51.0 Å². The molecule has 57 heavy (non-hydrogen) atoms. The molecule has 4 heterocycles. The van der Waals surface area contributed by atoms with Gasteiger partial charge in [-0.05, 0) is 49.9 Å². The first kappa shape index (κ1) is 44.6. The number of hydrogen-bond donors (Lipinski definition) is 8. The van der Waals surface area contributed by atoms with Gasteiger partial charge in [-0.15, -0.1) is 20.4 Å². The lowest BCUT2D eigenvalue weighted by atomic mass is 9.91. The van der Waals surface area contributed by atoms with Crippen LogP contribution in [-0.2, 0) is 19.7 Å². The molecule has 0 aromatic carbocycles. The van der Waals surface area contributed by atoms with Gasteiger partial charge in [-0.1, -0.05) is 37.3 Å². The van der Waals surface area contributed by atoms with Gasteiger partial charge in [0.2, 0.25) is 0 Å². The largest absolute Gasteiger partial charge is 0.364 e. The topological polar surface area (TPSA) is 346 Å². The van der Waals surface area contributed by atoms with E-state index in [9.17, 15) is 26.4 Å². The van der Waals surface area contributed by atoms with E-state index in [1.165, 1.54) is 55.6 Å². The van der Waals surface area contributed by atoms with E-state index in [1.54, 1.807) is 6.07 Å². The van der Waals surface area contributed by atoms with Gasteiger partial charge in [-0.2, -0.15) is 0 Å². The Labute approximate surface area is 335 Å². The molecule has 23 heteroatoms. The number of nitrogens with two attached hydrogens (primary N) is 5. The lowest BCUT2D eigenvalue weighted by molar-refractivity contribution is 0.0987. The van der Waals surface area contributed by atoms with Crippen molar-refractivity contribution in [3.05, 3.63) is 65.3 Å². The smallest absolute Gasteiger partial charge is 0.271 e. The standard InChI is InChI=1S/C17H23N7O3S.C11H10ClN5O3S.C6H14N2/c1-28(26,27)10-6-7-14(20-9-10)22-13-8-15(23-24-16(13)17(19)25)21-12-5-3-2-4-11(12)18;1-21(19,20)6-2-3-9(14-5-6)15-7-4-8(12)16-17-10(7)11(13)18;7-5-3-1-2-4-6(5)8/h6-9,11-12H,2-5,18H2,1H3,(H2,19,25)(H2,20,21,22,23);2-5H,1H3,(H2,13,18)(H,14,15,16);5-6H,1-4,7-8H2/t11-,12+;;5-,6+/m0../s1. The Morgan fingerprint density at radius 2 is 1.07 bits per heavy atom. The van der Waals surface area contributed by atoms with Crippen molar-refractivity contribution in [1.82, 2.24) is 30.4 Å². The molecule has 4 atom stereocenters. The van der Waals surface area contributed by atoms with Crippen LogP contribution >= 0.6 is 11.6 Å². The lowest BCUT2D eigenvalue weighted by Gasteiger charge is -2.29. The van der Waals surface area contributed by atoms with Crippen molar-refractivity contribution in [2.75, 3.05) is 28.5 Å². The van der Waals surface area contributed by atoms with Crippen molar-refractivity contribution < 1.29 is 26.4 Å². The summed E-state index contributed by atoms with van der Waals surface area (Å²) in [6, 6.07) is 9.36. The molecule has 308 valence electrons. The van der Waals surface area contributed by atoms with Gasteiger partial charge >= 0.3 is 0 Å². The van der Waals surface area contributed by atoms with E-state index in [0.29, 0.717) is 23.1 Å². The van der Waals surface area contributed by atoms with Crippen LogP contribution in [0.3, 0.4) is 0 Å². The molecule has 2 aliphatic carbocycles. The first-order valence-corrected chi connectivity index (χ1v) is 21.9. The molecular formula is C34H47ClN14O6S2. The lowest BCUT2D eigenvalue weighted by Crippen LogP contribution is -2.43. The summed E-state index contributed by atoms with van der Waals surface area (Å²) in [5, 5.41) is 24.1. The fraction of sp³-hybridized carbons (Fsp3) is 0.412. The van der Waals surface area contributed by atoms with Crippen LogP contribution in [-0.4, -0.2) is 95.7 Å². The second-order valence-corrected chi connectivity index (χ2v) is 17.9. The first-order valence-electron chi connectivity index (χ1n) is 17.7. The van der Waals surface area contributed by atoms with Crippen LogP contribution in [0.25, 0.3) is 0 Å². The molecule has 0 saturated heterocycles. The highest BCUT2D eigenvalue weighted by Crippen LogP contribution is 2.25. The van der Waals surface area contributed by atoms with Gasteiger partial charge in [0.15, 0.2) is 42.0 Å². The zero-order chi connectivity index (χ0) is 41.9. The number of aromatic nitrogens is 6. The average molecular weight is 847 g/mol. The van der Waals surface area contributed by atoms with Gasteiger partial charge in [-0.3, -0.25) is 9.59 Å². The molecule has 4 aromatic heterocycles. The minimum atomic E-state index is -3.35. The summed E-state index contributed by atoms with van der Waals surface area (Å²) >= 11 is 5.71. The summed E-state index contributed by atoms with van der Waals surface area (Å²) in [6.07, 6.45) is 13.5. The number of rotatable bonds is 10. The average Bonchev–Trinajstić information content (AvgIpc) is 3.14. The Bertz CT molecular complexity index is 2220.